The highest BCUT2D eigenvalue weighted by Gasteiger charge is 1.98. The fraction of sp³-hybridized carbons (Fsp3) is 0.222. The number of aromatic nitrogens is 2. The first-order valence-corrected chi connectivity index (χ1v) is 3.92. The van der Waals surface area contributed by atoms with Gasteiger partial charge < -0.3 is 5.73 Å². The number of hydrogen-bond acceptors (Lipinski definition) is 2. The fourth-order valence-corrected chi connectivity index (χ4v) is 1.32. The summed E-state index contributed by atoms with van der Waals surface area (Å²) in [5.41, 5.74) is 7.81. The molecular formula is C9H12ClN3. The molecule has 13 heavy (non-hydrogen) atoms. The summed E-state index contributed by atoms with van der Waals surface area (Å²) in [5.74, 6) is 0. The Morgan fingerprint density at radius 3 is 2.92 bits per heavy atom. The van der Waals surface area contributed by atoms with Gasteiger partial charge in [-0.2, -0.15) is 5.10 Å². The Bertz CT molecular complexity index is 408. The third-order valence-corrected chi connectivity index (χ3v) is 2.05. The van der Waals surface area contributed by atoms with Crippen LogP contribution in [0.4, 0.5) is 0 Å². The van der Waals surface area contributed by atoms with Crippen molar-refractivity contribution in [3.8, 4) is 0 Å². The van der Waals surface area contributed by atoms with E-state index in [2.05, 4.69) is 11.2 Å². The van der Waals surface area contributed by atoms with E-state index in [0.29, 0.717) is 6.54 Å². The van der Waals surface area contributed by atoms with Gasteiger partial charge in [-0.3, -0.25) is 4.68 Å². The van der Waals surface area contributed by atoms with Gasteiger partial charge in [-0.15, -0.1) is 12.4 Å². The summed E-state index contributed by atoms with van der Waals surface area (Å²) in [5, 5.41) is 5.31. The molecule has 0 spiro atoms. The van der Waals surface area contributed by atoms with E-state index in [1.807, 2.05) is 30.1 Å². The molecule has 70 valence electrons. The van der Waals surface area contributed by atoms with Gasteiger partial charge in [0.15, 0.2) is 0 Å². The number of fused-ring (bicyclic) bond motifs is 1. The van der Waals surface area contributed by atoms with Gasteiger partial charge in [0, 0.05) is 19.0 Å². The van der Waals surface area contributed by atoms with E-state index in [1.54, 1.807) is 0 Å². The predicted octanol–water partition coefficient (Wildman–Crippen LogP) is 1.45. The van der Waals surface area contributed by atoms with Gasteiger partial charge in [0.1, 0.15) is 0 Å². The number of nitrogens with zero attached hydrogens (tertiary/aromatic N) is 2. The third kappa shape index (κ3) is 1.66. The maximum absolute atomic E-state index is 5.53. The molecule has 4 heteroatoms. The molecule has 0 atom stereocenters. The van der Waals surface area contributed by atoms with Gasteiger partial charge in [-0.25, -0.2) is 0 Å². The molecule has 1 aromatic carbocycles. The SMILES string of the molecule is Cl.Cn1ncc2ccc(CN)cc21. The van der Waals surface area contributed by atoms with Crippen molar-refractivity contribution in [2.24, 2.45) is 12.8 Å². The highest BCUT2D eigenvalue weighted by molar-refractivity contribution is 5.85. The van der Waals surface area contributed by atoms with E-state index in [0.717, 1.165) is 16.5 Å². The van der Waals surface area contributed by atoms with Crippen molar-refractivity contribution in [2.45, 2.75) is 6.54 Å². The topological polar surface area (TPSA) is 43.8 Å². The summed E-state index contributed by atoms with van der Waals surface area (Å²) in [7, 11) is 1.93. The van der Waals surface area contributed by atoms with E-state index in [1.165, 1.54) is 0 Å². The third-order valence-electron chi connectivity index (χ3n) is 2.05. The van der Waals surface area contributed by atoms with E-state index in [9.17, 15) is 0 Å². The minimum Gasteiger partial charge on any atom is -0.326 e. The maximum Gasteiger partial charge on any atom is 0.0682 e. The molecule has 2 N–H and O–H groups in total. The number of aryl methyl sites for hydroxylation is 1. The summed E-state index contributed by atoms with van der Waals surface area (Å²) < 4.78 is 1.86. The lowest BCUT2D eigenvalue weighted by Crippen LogP contribution is -1.96. The predicted molar refractivity (Wildman–Crippen MR) is 55.9 cm³/mol. The van der Waals surface area contributed by atoms with Crippen molar-refractivity contribution in [1.82, 2.24) is 9.78 Å². The van der Waals surface area contributed by atoms with Gasteiger partial charge in [-0.1, -0.05) is 12.1 Å². The molecule has 3 nitrogen and oxygen atoms in total. The molecule has 0 saturated carbocycles. The zero-order valence-corrected chi connectivity index (χ0v) is 8.21. The average Bonchev–Trinajstić information content (AvgIpc) is 2.47. The van der Waals surface area contributed by atoms with Crippen LogP contribution in [-0.2, 0) is 13.6 Å². The highest BCUT2D eigenvalue weighted by Crippen LogP contribution is 2.13. The molecule has 0 unspecified atom stereocenters. The van der Waals surface area contributed by atoms with Gasteiger partial charge in [0.2, 0.25) is 0 Å². The van der Waals surface area contributed by atoms with Gasteiger partial charge >= 0.3 is 0 Å². The Hall–Kier alpha value is -1.06. The van der Waals surface area contributed by atoms with Crippen molar-refractivity contribution in [3.05, 3.63) is 30.0 Å². The zero-order chi connectivity index (χ0) is 8.55. The molecule has 0 fully saturated rings. The van der Waals surface area contributed by atoms with Crippen LogP contribution >= 0.6 is 12.4 Å². The largest absolute Gasteiger partial charge is 0.326 e. The molecule has 0 aliphatic rings. The summed E-state index contributed by atoms with van der Waals surface area (Å²) in [6, 6.07) is 6.15. The van der Waals surface area contributed by atoms with Crippen LogP contribution in [0.25, 0.3) is 10.9 Å². The first-order chi connectivity index (χ1) is 5.81. The van der Waals surface area contributed by atoms with Crippen molar-refractivity contribution >= 4 is 23.3 Å². The summed E-state index contributed by atoms with van der Waals surface area (Å²) in [4.78, 5) is 0. The summed E-state index contributed by atoms with van der Waals surface area (Å²) >= 11 is 0. The molecule has 2 rings (SSSR count). The Morgan fingerprint density at radius 2 is 2.23 bits per heavy atom. The van der Waals surface area contributed by atoms with Crippen LogP contribution in [0.3, 0.4) is 0 Å². The van der Waals surface area contributed by atoms with Gasteiger partial charge in [0.05, 0.1) is 11.7 Å². The first kappa shape index (κ1) is 10.0. The first-order valence-electron chi connectivity index (χ1n) is 3.92. The average molecular weight is 198 g/mol. The van der Waals surface area contributed by atoms with Crippen LogP contribution in [0.2, 0.25) is 0 Å². The van der Waals surface area contributed by atoms with Crippen LogP contribution < -0.4 is 5.73 Å². The molecule has 0 aliphatic carbocycles. The van der Waals surface area contributed by atoms with Crippen molar-refractivity contribution in [1.29, 1.82) is 0 Å². The molecule has 0 saturated heterocycles. The van der Waals surface area contributed by atoms with Crippen LogP contribution in [0.5, 0.6) is 0 Å². The Morgan fingerprint density at radius 1 is 1.46 bits per heavy atom. The van der Waals surface area contributed by atoms with Crippen LogP contribution in [0, 0.1) is 0 Å². The summed E-state index contributed by atoms with van der Waals surface area (Å²) in [6.45, 7) is 0.584. The zero-order valence-electron chi connectivity index (χ0n) is 7.40. The van der Waals surface area contributed by atoms with E-state index in [4.69, 9.17) is 5.73 Å². The Labute approximate surface area is 82.9 Å². The fourth-order valence-electron chi connectivity index (χ4n) is 1.32. The molecule has 1 heterocycles. The molecule has 0 amide bonds. The molecular weight excluding hydrogens is 186 g/mol. The second-order valence-corrected chi connectivity index (χ2v) is 2.87. The smallest absolute Gasteiger partial charge is 0.0682 e. The highest BCUT2D eigenvalue weighted by atomic mass is 35.5. The number of halogens is 1. The molecule has 1 aromatic heterocycles. The van der Waals surface area contributed by atoms with Crippen LogP contribution in [0.1, 0.15) is 5.56 Å². The molecule has 0 bridgehead atoms. The van der Waals surface area contributed by atoms with Crippen LogP contribution in [0.15, 0.2) is 24.4 Å². The van der Waals surface area contributed by atoms with Crippen molar-refractivity contribution < 1.29 is 0 Å². The number of hydrogen-bond donors (Lipinski definition) is 1. The normalized spacial score (nSPS) is 10.0. The van der Waals surface area contributed by atoms with Gasteiger partial charge in [0.25, 0.3) is 0 Å². The van der Waals surface area contributed by atoms with Crippen molar-refractivity contribution in [2.75, 3.05) is 0 Å². The number of rotatable bonds is 1. The van der Waals surface area contributed by atoms with Gasteiger partial charge in [-0.05, 0) is 11.6 Å². The lowest BCUT2D eigenvalue weighted by Gasteiger charge is -1.97. The standard InChI is InChI=1S/C9H11N3.ClH/c1-12-9-4-7(5-10)2-3-8(9)6-11-12;/h2-4,6H,5,10H2,1H3;1H. The minimum atomic E-state index is 0. The number of nitrogens with two attached hydrogens (primary N) is 1. The quantitative estimate of drug-likeness (QED) is 0.752. The molecule has 0 radical (unpaired) electrons. The van der Waals surface area contributed by atoms with E-state index < -0.39 is 0 Å². The Kier molecular flexibility index (Phi) is 2.90. The second-order valence-electron chi connectivity index (χ2n) is 2.87. The molecule has 0 aliphatic heterocycles. The second kappa shape index (κ2) is 3.77. The summed E-state index contributed by atoms with van der Waals surface area (Å²) in [6.07, 6.45) is 1.86. The maximum atomic E-state index is 5.53. The Balaban J connectivity index is 0.000000845. The van der Waals surface area contributed by atoms with Crippen molar-refractivity contribution in [3.63, 3.8) is 0 Å². The monoisotopic (exact) mass is 197 g/mol. The lowest BCUT2D eigenvalue weighted by atomic mass is 10.2. The molecule has 2 aromatic rings. The van der Waals surface area contributed by atoms with E-state index >= 15 is 0 Å². The van der Waals surface area contributed by atoms with Crippen LogP contribution in [-0.4, -0.2) is 9.78 Å². The minimum absolute atomic E-state index is 0. The lowest BCUT2D eigenvalue weighted by molar-refractivity contribution is 0.796. The number of benzene rings is 1. The van der Waals surface area contributed by atoms with E-state index in [-0.39, 0.29) is 12.4 Å².